The number of benzene rings is 2. The zero-order valence-corrected chi connectivity index (χ0v) is 23.3. The van der Waals surface area contributed by atoms with E-state index in [0.717, 1.165) is 27.8 Å². The number of nitro groups is 1. The molecular weight excluding hydrogens is 496 g/mol. The largest absolute Gasteiger partial charge is 0.350 e. The molecule has 2 aromatic rings. The maximum Gasteiger partial charge on any atom is 0.271 e. The van der Waals surface area contributed by atoms with Crippen molar-refractivity contribution >= 4 is 33.2 Å². The van der Waals surface area contributed by atoms with Gasteiger partial charge in [-0.1, -0.05) is 42.8 Å². The van der Waals surface area contributed by atoms with Crippen molar-refractivity contribution in [3.05, 3.63) is 69.3 Å². The number of sulfonamides is 1. The molecule has 11 heteroatoms. The molecule has 0 heterocycles. The first kappa shape index (κ1) is 29.8. The Morgan fingerprint density at radius 1 is 1.08 bits per heavy atom. The minimum absolute atomic E-state index is 0.0347. The maximum absolute atomic E-state index is 13.8. The smallest absolute Gasteiger partial charge is 0.271 e. The molecule has 1 atom stereocenters. The Bertz CT molecular complexity index is 1250. The number of amides is 2. The Kier molecular flexibility index (Phi) is 9.43. The van der Waals surface area contributed by atoms with Crippen LogP contribution in [0.1, 0.15) is 50.8 Å². The average molecular weight is 533 g/mol. The number of hydrogen-bond donors (Lipinski definition) is 1. The molecule has 2 rings (SSSR count). The van der Waals surface area contributed by atoms with Gasteiger partial charge in [0.15, 0.2) is 0 Å². The second-order valence-electron chi connectivity index (χ2n) is 10.2. The first-order valence-electron chi connectivity index (χ1n) is 11.9. The summed E-state index contributed by atoms with van der Waals surface area (Å²) >= 11 is 0. The van der Waals surface area contributed by atoms with Crippen LogP contribution in [0, 0.1) is 24.0 Å². The van der Waals surface area contributed by atoms with Crippen molar-refractivity contribution in [2.24, 2.45) is 0 Å². The van der Waals surface area contributed by atoms with Gasteiger partial charge in [-0.15, -0.1) is 0 Å². The summed E-state index contributed by atoms with van der Waals surface area (Å²) in [6.45, 7) is 10.3. The molecule has 1 N–H and O–H groups in total. The quantitative estimate of drug-likeness (QED) is 0.367. The number of non-ortho nitro benzene ring substituents is 1. The molecule has 0 aromatic heterocycles. The Balaban J connectivity index is 2.54. The minimum Gasteiger partial charge on any atom is -0.350 e. The number of aryl methyl sites for hydroxylation is 2. The number of carbonyl (C=O) groups is 2. The molecule has 0 saturated heterocycles. The van der Waals surface area contributed by atoms with Gasteiger partial charge in [-0.25, -0.2) is 8.42 Å². The van der Waals surface area contributed by atoms with E-state index in [1.54, 1.807) is 13.8 Å². The summed E-state index contributed by atoms with van der Waals surface area (Å²) in [4.78, 5) is 39.0. The number of nitro benzene ring substituents is 1. The first-order chi connectivity index (χ1) is 17.0. The highest BCUT2D eigenvalue weighted by atomic mass is 32.2. The van der Waals surface area contributed by atoms with Crippen molar-refractivity contribution in [3.63, 3.8) is 0 Å². The maximum atomic E-state index is 13.8. The standard InChI is InChI=1S/C26H36N4O6S/c1-8-22(25(32)27-26(4,5)6)28(16-20-12-9-18(2)10-13-20)24(31)17-29(37(7,35)36)23-15-21(30(33)34)14-11-19(23)3/h9-15,22H,8,16-17H2,1-7H3,(H,27,32)/t22-/m0/s1. The third-order valence-corrected chi connectivity index (χ3v) is 6.84. The number of rotatable bonds is 10. The Labute approximate surface area is 218 Å². The highest BCUT2D eigenvalue weighted by molar-refractivity contribution is 7.92. The van der Waals surface area contributed by atoms with Crippen LogP contribution in [0.25, 0.3) is 0 Å². The SMILES string of the molecule is CC[C@@H](C(=O)NC(C)(C)C)N(Cc1ccc(C)cc1)C(=O)CN(c1cc([N+](=O)[O-])ccc1C)S(C)(=O)=O. The molecule has 0 aliphatic rings. The fraction of sp³-hybridized carbons (Fsp3) is 0.462. The van der Waals surface area contributed by atoms with Crippen LogP contribution in [0.2, 0.25) is 0 Å². The highest BCUT2D eigenvalue weighted by Crippen LogP contribution is 2.28. The van der Waals surface area contributed by atoms with Crippen molar-refractivity contribution in [3.8, 4) is 0 Å². The number of anilines is 1. The lowest BCUT2D eigenvalue weighted by Crippen LogP contribution is -2.55. The van der Waals surface area contributed by atoms with Crippen molar-refractivity contribution in [1.29, 1.82) is 0 Å². The molecule has 0 radical (unpaired) electrons. The molecule has 202 valence electrons. The van der Waals surface area contributed by atoms with Gasteiger partial charge in [-0.3, -0.25) is 24.0 Å². The summed E-state index contributed by atoms with van der Waals surface area (Å²) in [7, 11) is -4.01. The summed E-state index contributed by atoms with van der Waals surface area (Å²) in [5.74, 6) is -0.958. The van der Waals surface area contributed by atoms with Crippen LogP contribution in [-0.2, 0) is 26.2 Å². The monoisotopic (exact) mass is 532 g/mol. The van der Waals surface area contributed by atoms with Crippen LogP contribution >= 0.6 is 0 Å². The minimum atomic E-state index is -4.01. The molecule has 0 unspecified atom stereocenters. The molecule has 0 fully saturated rings. The Morgan fingerprint density at radius 3 is 2.16 bits per heavy atom. The van der Waals surface area contributed by atoms with E-state index in [1.807, 2.05) is 52.0 Å². The third kappa shape index (κ3) is 8.28. The second kappa shape index (κ2) is 11.7. The molecule has 0 bridgehead atoms. The molecule has 0 aliphatic carbocycles. The number of hydrogen-bond acceptors (Lipinski definition) is 6. The number of nitrogens with one attached hydrogen (secondary N) is 1. The normalized spacial score (nSPS) is 12.5. The lowest BCUT2D eigenvalue weighted by molar-refractivity contribution is -0.384. The van der Waals surface area contributed by atoms with E-state index in [-0.39, 0.29) is 23.8 Å². The lowest BCUT2D eigenvalue weighted by atomic mass is 10.1. The summed E-state index contributed by atoms with van der Waals surface area (Å²) in [5.41, 5.74) is 1.46. The van der Waals surface area contributed by atoms with Crippen LogP contribution in [-0.4, -0.2) is 54.4 Å². The molecular formula is C26H36N4O6S. The fourth-order valence-corrected chi connectivity index (χ4v) is 4.74. The lowest BCUT2D eigenvalue weighted by Gasteiger charge is -2.34. The topological polar surface area (TPSA) is 130 Å². The van der Waals surface area contributed by atoms with Crippen LogP contribution in [0.15, 0.2) is 42.5 Å². The van der Waals surface area contributed by atoms with Crippen molar-refractivity contribution in [1.82, 2.24) is 10.2 Å². The van der Waals surface area contributed by atoms with E-state index in [0.29, 0.717) is 12.0 Å². The van der Waals surface area contributed by atoms with E-state index in [9.17, 15) is 28.1 Å². The van der Waals surface area contributed by atoms with E-state index >= 15 is 0 Å². The Morgan fingerprint density at radius 2 is 1.68 bits per heavy atom. The van der Waals surface area contributed by atoms with Gasteiger partial charge >= 0.3 is 0 Å². The molecule has 0 saturated carbocycles. The van der Waals surface area contributed by atoms with Crippen molar-refractivity contribution in [2.45, 2.75) is 66.1 Å². The summed E-state index contributed by atoms with van der Waals surface area (Å²) < 4.78 is 26.4. The second-order valence-corrected chi connectivity index (χ2v) is 12.1. The number of carbonyl (C=O) groups excluding carboxylic acids is 2. The Hall–Kier alpha value is -3.47. The average Bonchev–Trinajstić information content (AvgIpc) is 2.77. The van der Waals surface area contributed by atoms with E-state index < -0.39 is 39.0 Å². The van der Waals surface area contributed by atoms with Gasteiger partial charge in [0.2, 0.25) is 21.8 Å². The van der Waals surface area contributed by atoms with Gasteiger partial charge in [0.1, 0.15) is 12.6 Å². The fourth-order valence-electron chi connectivity index (χ4n) is 3.84. The zero-order valence-electron chi connectivity index (χ0n) is 22.4. The molecule has 2 amide bonds. The van der Waals surface area contributed by atoms with Crippen LogP contribution in [0.3, 0.4) is 0 Å². The van der Waals surface area contributed by atoms with Crippen LogP contribution in [0.4, 0.5) is 11.4 Å². The number of nitrogens with zero attached hydrogens (tertiary/aromatic N) is 3. The van der Waals surface area contributed by atoms with Crippen molar-refractivity contribution in [2.75, 3.05) is 17.1 Å². The first-order valence-corrected chi connectivity index (χ1v) is 13.8. The molecule has 2 aromatic carbocycles. The predicted molar refractivity (Wildman–Crippen MR) is 144 cm³/mol. The molecule has 0 spiro atoms. The van der Waals surface area contributed by atoms with Gasteiger partial charge in [0.05, 0.1) is 16.9 Å². The predicted octanol–water partition coefficient (Wildman–Crippen LogP) is 3.70. The van der Waals surface area contributed by atoms with Crippen molar-refractivity contribution < 1.29 is 22.9 Å². The zero-order chi connectivity index (χ0) is 28.1. The van der Waals surface area contributed by atoms with Gasteiger partial charge in [0, 0.05) is 24.2 Å². The summed E-state index contributed by atoms with van der Waals surface area (Å²) in [5, 5.41) is 14.2. The summed E-state index contributed by atoms with van der Waals surface area (Å²) in [6.07, 6.45) is 1.24. The molecule has 0 aliphatic heterocycles. The molecule has 10 nitrogen and oxygen atoms in total. The molecule has 37 heavy (non-hydrogen) atoms. The van der Waals surface area contributed by atoms with E-state index in [1.165, 1.54) is 17.0 Å². The summed E-state index contributed by atoms with van der Waals surface area (Å²) in [6, 6.07) is 10.5. The van der Waals surface area contributed by atoms with Gasteiger partial charge in [-0.2, -0.15) is 0 Å². The van der Waals surface area contributed by atoms with Gasteiger partial charge in [0.25, 0.3) is 5.69 Å². The third-order valence-electron chi connectivity index (χ3n) is 5.71. The van der Waals surface area contributed by atoms with Crippen LogP contribution < -0.4 is 9.62 Å². The van der Waals surface area contributed by atoms with Gasteiger partial charge in [-0.05, 0) is 52.2 Å². The highest BCUT2D eigenvalue weighted by Gasteiger charge is 2.33. The van der Waals surface area contributed by atoms with Gasteiger partial charge < -0.3 is 10.2 Å². The van der Waals surface area contributed by atoms with E-state index in [2.05, 4.69) is 5.32 Å². The van der Waals surface area contributed by atoms with E-state index in [4.69, 9.17) is 0 Å². The van der Waals surface area contributed by atoms with Crippen LogP contribution in [0.5, 0.6) is 0 Å².